The third kappa shape index (κ3) is 3.22. The summed E-state index contributed by atoms with van der Waals surface area (Å²) >= 11 is 0. The third-order valence-electron chi connectivity index (χ3n) is 4.19. The van der Waals surface area contributed by atoms with Crippen LogP contribution in [0.15, 0.2) is 34.7 Å². The zero-order chi connectivity index (χ0) is 13.8. The molecule has 108 valence electrons. The molecule has 3 rings (SSSR count). The number of likely N-dealkylation sites (N-methyl/N-ethyl adjacent to an activating group) is 1. The van der Waals surface area contributed by atoms with Crippen LogP contribution in [0.1, 0.15) is 31.9 Å². The molecular weight excluding hydrogens is 248 g/mol. The van der Waals surface area contributed by atoms with Crippen molar-refractivity contribution in [3.63, 3.8) is 0 Å². The molecular formula is C17H24N2O. The highest BCUT2D eigenvalue weighted by Crippen LogP contribution is 2.20. The van der Waals surface area contributed by atoms with E-state index in [0.29, 0.717) is 6.04 Å². The molecule has 3 nitrogen and oxygen atoms in total. The second-order valence-electron chi connectivity index (χ2n) is 5.73. The van der Waals surface area contributed by atoms with E-state index >= 15 is 0 Å². The van der Waals surface area contributed by atoms with Crippen LogP contribution in [0.4, 0.5) is 0 Å². The van der Waals surface area contributed by atoms with E-state index in [1.807, 2.05) is 12.1 Å². The fraction of sp³-hybridized carbons (Fsp3) is 0.529. The first-order valence-electron chi connectivity index (χ1n) is 7.78. The van der Waals surface area contributed by atoms with Crippen LogP contribution in [0, 0.1) is 0 Å². The minimum Gasteiger partial charge on any atom is -0.460 e. The standard InChI is InChI=1S/C17H24N2O/c1-2-19(12-15-8-5-6-10-18-15)13-16-11-14-7-3-4-9-17(14)20-16/h3-4,7,9,11,15,18H,2,5-6,8,10,12-13H2,1H3. The lowest BCUT2D eigenvalue weighted by Gasteiger charge is -2.29. The summed E-state index contributed by atoms with van der Waals surface area (Å²) in [6.45, 7) is 6.49. The van der Waals surface area contributed by atoms with Crippen molar-refractivity contribution in [1.29, 1.82) is 0 Å². The van der Waals surface area contributed by atoms with Crippen LogP contribution >= 0.6 is 0 Å². The summed E-state index contributed by atoms with van der Waals surface area (Å²) in [4.78, 5) is 2.47. The molecule has 0 bridgehead atoms. The molecule has 0 radical (unpaired) electrons. The number of nitrogens with zero attached hydrogens (tertiary/aromatic N) is 1. The molecule has 1 fully saturated rings. The molecule has 0 aliphatic carbocycles. The van der Waals surface area contributed by atoms with Crippen LogP contribution in [0.3, 0.4) is 0 Å². The summed E-state index contributed by atoms with van der Waals surface area (Å²) in [7, 11) is 0. The Morgan fingerprint density at radius 2 is 2.20 bits per heavy atom. The van der Waals surface area contributed by atoms with Gasteiger partial charge in [-0.15, -0.1) is 0 Å². The number of hydrogen-bond acceptors (Lipinski definition) is 3. The molecule has 3 heteroatoms. The Bertz CT molecular complexity index is 510. The zero-order valence-corrected chi connectivity index (χ0v) is 12.3. The summed E-state index contributed by atoms with van der Waals surface area (Å²) < 4.78 is 5.93. The quantitative estimate of drug-likeness (QED) is 0.904. The van der Waals surface area contributed by atoms with Gasteiger partial charge in [0.15, 0.2) is 0 Å². The Kier molecular flexibility index (Phi) is 4.38. The maximum absolute atomic E-state index is 5.93. The van der Waals surface area contributed by atoms with E-state index in [2.05, 4.69) is 35.3 Å². The first-order chi connectivity index (χ1) is 9.85. The smallest absolute Gasteiger partial charge is 0.134 e. The maximum atomic E-state index is 5.93. The van der Waals surface area contributed by atoms with Gasteiger partial charge >= 0.3 is 0 Å². The largest absolute Gasteiger partial charge is 0.460 e. The SMILES string of the molecule is CCN(Cc1cc2ccccc2o1)CC1CCCCN1. The van der Waals surface area contributed by atoms with Gasteiger partial charge in [0.25, 0.3) is 0 Å². The van der Waals surface area contributed by atoms with Gasteiger partial charge in [-0.25, -0.2) is 0 Å². The van der Waals surface area contributed by atoms with E-state index < -0.39 is 0 Å². The van der Waals surface area contributed by atoms with Gasteiger partial charge in [-0.1, -0.05) is 31.5 Å². The van der Waals surface area contributed by atoms with Crippen LogP contribution < -0.4 is 5.32 Å². The number of fused-ring (bicyclic) bond motifs is 1. The molecule has 1 saturated heterocycles. The van der Waals surface area contributed by atoms with Crippen molar-refractivity contribution in [1.82, 2.24) is 10.2 Å². The Balaban J connectivity index is 1.64. The summed E-state index contributed by atoms with van der Waals surface area (Å²) in [5.41, 5.74) is 0.995. The lowest BCUT2D eigenvalue weighted by Crippen LogP contribution is -2.43. The van der Waals surface area contributed by atoms with Gasteiger partial charge in [0.2, 0.25) is 0 Å². The average molecular weight is 272 g/mol. The number of hydrogen-bond donors (Lipinski definition) is 1. The molecule has 0 amide bonds. The van der Waals surface area contributed by atoms with Gasteiger partial charge in [-0.05, 0) is 38.1 Å². The molecule has 1 aromatic carbocycles. The van der Waals surface area contributed by atoms with Gasteiger partial charge in [0.05, 0.1) is 6.54 Å². The number of furan rings is 1. The van der Waals surface area contributed by atoms with E-state index in [4.69, 9.17) is 4.42 Å². The number of para-hydroxylation sites is 1. The summed E-state index contributed by atoms with van der Waals surface area (Å²) in [6, 6.07) is 11.1. The summed E-state index contributed by atoms with van der Waals surface area (Å²) in [5.74, 6) is 1.07. The minimum atomic E-state index is 0.646. The van der Waals surface area contributed by atoms with E-state index in [-0.39, 0.29) is 0 Å². The second kappa shape index (κ2) is 6.42. The molecule has 0 spiro atoms. The predicted molar refractivity (Wildman–Crippen MR) is 82.8 cm³/mol. The van der Waals surface area contributed by atoms with E-state index in [0.717, 1.165) is 31.0 Å². The Morgan fingerprint density at radius 1 is 1.30 bits per heavy atom. The third-order valence-corrected chi connectivity index (χ3v) is 4.19. The van der Waals surface area contributed by atoms with Gasteiger partial charge < -0.3 is 9.73 Å². The highest BCUT2D eigenvalue weighted by atomic mass is 16.3. The molecule has 20 heavy (non-hydrogen) atoms. The molecule has 1 N–H and O–H groups in total. The monoisotopic (exact) mass is 272 g/mol. The highest BCUT2D eigenvalue weighted by molar-refractivity contribution is 5.77. The van der Waals surface area contributed by atoms with Crippen LogP contribution in [0.5, 0.6) is 0 Å². The van der Waals surface area contributed by atoms with Crippen LogP contribution in [0.2, 0.25) is 0 Å². The van der Waals surface area contributed by atoms with Gasteiger partial charge in [-0.2, -0.15) is 0 Å². The number of rotatable bonds is 5. The maximum Gasteiger partial charge on any atom is 0.134 e. The van der Waals surface area contributed by atoms with Gasteiger partial charge in [-0.3, -0.25) is 4.90 Å². The number of piperidine rings is 1. The van der Waals surface area contributed by atoms with Crippen molar-refractivity contribution in [2.45, 2.75) is 38.8 Å². The topological polar surface area (TPSA) is 28.4 Å². The first-order valence-corrected chi connectivity index (χ1v) is 7.78. The number of benzene rings is 1. The minimum absolute atomic E-state index is 0.646. The molecule has 2 aromatic rings. The Hall–Kier alpha value is -1.32. The first kappa shape index (κ1) is 13.7. The normalized spacial score (nSPS) is 19.8. The molecule has 1 aliphatic rings. The molecule has 0 saturated carbocycles. The van der Waals surface area contributed by atoms with Gasteiger partial charge in [0, 0.05) is 18.0 Å². The summed E-state index contributed by atoms with van der Waals surface area (Å²) in [6.07, 6.45) is 3.99. The van der Waals surface area contributed by atoms with Crippen LogP contribution in [-0.4, -0.2) is 30.6 Å². The second-order valence-corrected chi connectivity index (χ2v) is 5.73. The Morgan fingerprint density at radius 3 is 2.95 bits per heavy atom. The fourth-order valence-corrected chi connectivity index (χ4v) is 3.03. The summed E-state index contributed by atoms with van der Waals surface area (Å²) in [5, 5.41) is 4.83. The van der Waals surface area contributed by atoms with Crippen LogP contribution in [-0.2, 0) is 6.54 Å². The Labute approximate surface area is 120 Å². The van der Waals surface area contributed by atoms with Crippen molar-refractivity contribution in [3.05, 3.63) is 36.1 Å². The van der Waals surface area contributed by atoms with Crippen molar-refractivity contribution in [3.8, 4) is 0 Å². The van der Waals surface area contributed by atoms with Crippen molar-refractivity contribution in [2.24, 2.45) is 0 Å². The molecule has 1 aromatic heterocycles. The molecule has 1 aliphatic heterocycles. The molecule has 1 atom stereocenters. The predicted octanol–water partition coefficient (Wildman–Crippen LogP) is 3.40. The highest BCUT2D eigenvalue weighted by Gasteiger charge is 2.17. The van der Waals surface area contributed by atoms with Crippen LogP contribution in [0.25, 0.3) is 11.0 Å². The van der Waals surface area contributed by atoms with E-state index in [9.17, 15) is 0 Å². The molecule has 2 heterocycles. The van der Waals surface area contributed by atoms with Crippen molar-refractivity contribution < 1.29 is 4.42 Å². The van der Waals surface area contributed by atoms with E-state index in [1.165, 1.54) is 31.2 Å². The zero-order valence-electron chi connectivity index (χ0n) is 12.3. The van der Waals surface area contributed by atoms with Crippen molar-refractivity contribution >= 4 is 11.0 Å². The number of nitrogens with one attached hydrogen (secondary N) is 1. The lowest BCUT2D eigenvalue weighted by atomic mass is 10.0. The average Bonchev–Trinajstić information content (AvgIpc) is 2.90. The lowest BCUT2D eigenvalue weighted by molar-refractivity contribution is 0.214. The van der Waals surface area contributed by atoms with Gasteiger partial charge in [0.1, 0.15) is 11.3 Å². The molecule has 1 unspecified atom stereocenters. The fourth-order valence-electron chi connectivity index (χ4n) is 3.03. The van der Waals surface area contributed by atoms with E-state index in [1.54, 1.807) is 0 Å². The van der Waals surface area contributed by atoms with Crippen molar-refractivity contribution in [2.75, 3.05) is 19.6 Å².